The monoisotopic (exact) mass is 266 g/mol. The topological polar surface area (TPSA) is 98.5 Å². The summed E-state index contributed by atoms with van der Waals surface area (Å²) in [6, 6.07) is -0.389. The van der Waals surface area contributed by atoms with E-state index in [9.17, 15) is 13.2 Å². The zero-order valence-corrected chi connectivity index (χ0v) is 11.6. The summed E-state index contributed by atoms with van der Waals surface area (Å²) >= 11 is 0. The molecule has 0 spiro atoms. The van der Waals surface area contributed by atoms with Crippen molar-refractivity contribution in [2.24, 2.45) is 5.73 Å². The van der Waals surface area contributed by atoms with Crippen LogP contribution in [0.4, 0.5) is 4.79 Å². The smallest absolute Gasteiger partial charge is 0.407 e. The average Bonchev–Trinajstić information content (AvgIpc) is 2.07. The van der Waals surface area contributed by atoms with Crippen molar-refractivity contribution in [3.8, 4) is 0 Å². The number of sulfone groups is 1. The van der Waals surface area contributed by atoms with Gasteiger partial charge in [-0.3, -0.25) is 0 Å². The molecule has 0 aliphatic rings. The van der Waals surface area contributed by atoms with Crippen LogP contribution in [-0.4, -0.2) is 44.7 Å². The van der Waals surface area contributed by atoms with Crippen LogP contribution in [0.2, 0.25) is 0 Å². The molecular weight excluding hydrogens is 244 g/mol. The van der Waals surface area contributed by atoms with Crippen molar-refractivity contribution >= 4 is 15.9 Å². The van der Waals surface area contributed by atoms with Gasteiger partial charge in [0, 0.05) is 18.8 Å². The largest absolute Gasteiger partial charge is 0.444 e. The van der Waals surface area contributed by atoms with Gasteiger partial charge < -0.3 is 15.8 Å². The van der Waals surface area contributed by atoms with Gasteiger partial charge in [0.2, 0.25) is 0 Å². The summed E-state index contributed by atoms with van der Waals surface area (Å²) in [6.45, 7) is 5.43. The first-order valence-corrected chi connectivity index (χ1v) is 7.47. The van der Waals surface area contributed by atoms with Crippen LogP contribution in [0.5, 0.6) is 0 Å². The van der Waals surface area contributed by atoms with E-state index in [1.165, 1.54) is 0 Å². The van der Waals surface area contributed by atoms with Gasteiger partial charge >= 0.3 is 6.09 Å². The summed E-state index contributed by atoms with van der Waals surface area (Å²) in [4.78, 5) is 11.4. The number of nitrogens with two attached hydrogens (primary N) is 1. The number of carbonyl (C=O) groups is 1. The second kappa shape index (κ2) is 6.20. The molecule has 0 saturated heterocycles. The lowest BCUT2D eigenvalue weighted by Crippen LogP contribution is -2.43. The zero-order chi connectivity index (χ0) is 13.7. The molecule has 7 heteroatoms. The number of alkyl carbamates (subject to hydrolysis) is 1. The van der Waals surface area contributed by atoms with Crippen molar-refractivity contribution in [1.29, 1.82) is 0 Å². The van der Waals surface area contributed by atoms with Crippen molar-refractivity contribution in [2.45, 2.75) is 38.8 Å². The Kier molecular flexibility index (Phi) is 5.91. The zero-order valence-electron chi connectivity index (χ0n) is 10.8. The predicted molar refractivity (Wildman–Crippen MR) is 66.5 cm³/mol. The van der Waals surface area contributed by atoms with E-state index in [0.29, 0.717) is 0 Å². The van der Waals surface area contributed by atoms with Gasteiger partial charge in [-0.1, -0.05) is 0 Å². The molecule has 0 fully saturated rings. The summed E-state index contributed by atoms with van der Waals surface area (Å²) in [6.07, 6.45) is 0.851. The van der Waals surface area contributed by atoms with Crippen LogP contribution < -0.4 is 11.1 Å². The third-order valence-electron chi connectivity index (χ3n) is 1.84. The fourth-order valence-electron chi connectivity index (χ4n) is 1.08. The summed E-state index contributed by atoms with van der Waals surface area (Å²) in [7, 11) is -3.05. The molecule has 17 heavy (non-hydrogen) atoms. The Morgan fingerprint density at radius 3 is 2.29 bits per heavy atom. The summed E-state index contributed by atoms with van der Waals surface area (Å²) in [5.41, 5.74) is 4.87. The third-order valence-corrected chi connectivity index (χ3v) is 2.82. The maximum atomic E-state index is 11.4. The molecule has 0 aromatic rings. The minimum atomic E-state index is -3.05. The Morgan fingerprint density at radius 2 is 1.94 bits per heavy atom. The van der Waals surface area contributed by atoms with Gasteiger partial charge in [0.15, 0.2) is 0 Å². The number of ether oxygens (including phenoxy) is 1. The Hall–Kier alpha value is -0.820. The van der Waals surface area contributed by atoms with E-state index in [2.05, 4.69) is 5.32 Å². The lowest BCUT2D eigenvalue weighted by atomic mass is 10.2. The molecule has 0 radical (unpaired) electrons. The number of hydrogen-bond acceptors (Lipinski definition) is 5. The highest BCUT2D eigenvalue weighted by molar-refractivity contribution is 7.90. The minimum absolute atomic E-state index is 0.00926. The number of amides is 1. The van der Waals surface area contributed by atoms with Gasteiger partial charge in [0.05, 0.1) is 5.75 Å². The molecule has 0 aliphatic carbocycles. The first-order valence-electron chi connectivity index (χ1n) is 5.41. The van der Waals surface area contributed by atoms with Crippen LogP contribution in [0.25, 0.3) is 0 Å². The maximum Gasteiger partial charge on any atom is 0.407 e. The Balaban J connectivity index is 4.18. The van der Waals surface area contributed by atoms with Gasteiger partial charge in [-0.05, 0) is 27.2 Å². The van der Waals surface area contributed by atoms with Crippen molar-refractivity contribution in [3.63, 3.8) is 0 Å². The Morgan fingerprint density at radius 1 is 1.41 bits per heavy atom. The highest BCUT2D eigenvalue weighted by atomic mass is 32.2. The van der Waals surface area contributed by atoms with Crippen LogP contribution in [0.3, 0.4) is 0 Å². The second-order valence-electron chi connectivity index (χ2n) is 5.00. The highest BCUT2D eigenvalue weighted by Gasteiger charge is 2.19. The molecule has 0 heterocycles. The highest BCUT2D eigenvalue weighted by Crippen LogP contribution is 2.07. The van der Waals surface area contributed by atoms with E-state index >= 15 is 0 Å². The van der Waals surface area contributed by atoms with Crippen molar-refractivity contribution in [2.75, 3.05) is 18.6 Å². The van der Waals surface area contributed by atoms with Crippen LogP contribution in [0.15, 0.2) is 0 Å². The van der Waals surface area contributed by atoms with Crippen molar-refractivity contribution < 1.29 is 17.9 Å². The SMILES string of the molecule is CC(C)(C)OC(=O)NC(CN)CCS(C)(=O)=O. The molecule has 6 nitrogen and oxygen atoms in total. The molecule has 102 valence electrons. The van der Waals surface area contributed by atoms with Gasteiger partial charge in [-0.15, -0.1) is 0 Å². The standard InChI is InChI=1S/C10H22N2O4S/c1-10(2,3)16-9(13)12-8(7-11)5-6-17(4,14)15/h8H,5-7,11H2,1-4H3,(H,12,13). The van der Waals surface area contributed by atoms with Crippen LogP contribution in [0, 0.1) is 0 Å². The summed E-state index contributed by atoms with van der Waals surface area (Å²) in [5, 5.41) is 2.55. The number of carbonyl (C=O) groups excluding carboxylic acids is 1. The molecule has 0 bridgehead atoms. The lowest BCUT2D eigenvalue weighted by Gasteiger charge is -2.22. The van der Waals surface area contributed by atoms with Gasteiger partial charge in [-0.2, -0.15) is 0 Å². The number of rotatable bonds is 5. The summed E-state index contributed by atoms with van der Waals surface area (Å²) in [5.74, 6) is -0.00926. The van der Waals surface area contributed by atoms with E-state index in [1.54, 1.807) is 20.8 Å². The fourth-order valence-corrected chi connectivity index (χ4v) is 1.79. The van der Waals surface area contributed by atoms with E-state index in [1.807, 2.05) is 0 Å². The molecule has 1 atom stereocenters. The Labute approximate surface area is 103 Å². The Bertz CT molecular complexity index is 346. The minimum Gasteiger partial charge on any atom is -0.444 e. The van der Waals surface area contributed by atoms with E-state index in [-0.39, 0.29) is 24.8 Å². The van der Waals surface area contributed by atoms with E-state index < -0.39 is 21.5 Å². The second-order valence-corrected chi connectivity index (χ2v) is 7.26. The summed E-state index contributed by atoms with van der Waals surface area (Å²) < 4.78 is 27.0. The van der Waals surface area contributed by atoms with Crippen molar-refractivity contribution in [1.82, 2.24) is 5.32 Å². The number of nitrogens with one attached hydrogen (secondary N) is 1. The van der Waals surface area contributed by atoms with Gasteiger partial charge in [-0.25, -0.2) is 13.2 Å². The van der Waals surface area contributed by atoms with Gasteiger partial charge in [0.25, 0.3) is 0 Å². The third kappa shape index (κ3) is 10.1. The van der Waals surface area contributed by atoms with Gasteiger partial charge in [0.1, 0.15) is 15.4 Å². The fraction of sp³-hybridized carbons (Fsp3) is 0.900. The average molecular weight is 266 g/mol. The molecule has 0 aliphatic heterocycles. The van der Waals surface area contributed by atoms with Crippen molar-refractivity contribution in [3.05, 3.63) is 0 Å². The quantitative estimate of drug-likeness (QED) is 0.744. The molecule has 0 saturated carbocycles. The van der Waals surface area contributed by atoms with Crippen LogP contribution >= 0.6 is 0 Å². The molecule has 0 rings (SSSR count). The molecular formula is C10H22N2O4S. The molecule has 3 N–H and O–H groups in total. The normalized spacial score (nSPS) is 14.2. The first kappa shape index (κ1) is 16.2. The van der Waals surface area contributed by atoms with Crippen LogP contribution in [0.1, 0.15) is 27.2 Å². The molecule has 0 aromatic carbocycles. The van der Waals surface area contributed by atoms with E-state index in [4.69, 9.17) is 10.5 Å². The molecule has 0 aromatic heterocycles. The number of hydrogen-bond donors (Lipinski definition) is 2. The molecule has 1 amide bonds. The maximum absolute atomic E-state index is 11.4. The predicted octanol–water partition coefficient (Wildman–Crippen LogP) is 0.273. The van der Waals surface area contributed by atoms with Crippen LogP contribution in [-0.2, 0) is 14.6 Å². The lowest BCUT2D eigenvalue weighted by molar-refractivity contribution is 0.0505. The first-order chi connectivity index (χ1) is 7.53. The van der Waals surface area contributed by atoms with E-state index in [0.717, 1.165) is 6.26 Å². The molecule has 1 unspecified atom stereocenters.